The number of aliphatic hydroxyl groups excluding tert-OH is 1. The second kappa shape index (κ2) is 6.48. The molecule has 0 radical (unpaired) electrons. The molecule has 1 amide bonds. The highest BCUT2D eigenvalue weighted by Crippen LogP contribution is 2.26. The maximum Gasteiger partial charge on any atom is 0.251 e. The predicted octanol–water partition coefficient (Wildman–Crippen LogP) is 1.98. The smallest absolute Gasteiger partial charge is 0.251 e. The van der Waals surface area contributed by atoms with Crippen LogP contribution in [0.25, 0.3) is 0 Å². The molecule has 112 valence electrons. The Kier molecular flexibility index (Phi) is 4.89. The molecule has 5 heteroatoms. The number of ether oxygens (including phenoxy) is 1. The minimum absolute atomic E-state index is 0.0217. The molecule has 0 bridgehead atoms. The molecule has 0 saturated carbocycles. The van der Waals surface area contributed by atoms with Gasteiger partial charge in [-0.25, -0.2) is 0 Å². The zero-order valence-electron chi connectivity index (χ0n) is 12.1. The molecule has 0 spiro atoms. The molecule has 21 heavy (non-hydrogen) atoms. The van der Waals surface area contributed by atoms with Crippen molar-refractivity contribution in [2.45, 2.75) is 31.9 Å². The van der Waals surface area contributed by atoms with Crippen LogP contribution in [-0.4, -0.2) is 35.9 Å². The largest absolute Gasteiger partial charge is 0.384 e. The standard InChI is InChI=1S/C16H18ClNO3/c1-11-16(2,7-9-21-11)18-15(20)13-6-5-12(4-3-8-19)14(17)10-13/h5-6,10-11,19H,7-9H2,1-2H3,(H,18,20). The molecule has 2 unspecified atom stereocenters. The van der Waals surface area contributed by atoms with Crippen molar-refractivity contribution in [3.63, 3.8) is 0 Å². The fourth-order valence-electron chi connectivity index (χ4n) is 2.22. The van der Waals surface area contributed by atoms with Gasteiger partial charge in [-0.1, -0.05) is 23.4 Å². The molecule has 2 N–H and O–H groups in total. The van der Waals surface area contributed by atoms with E-state index in [0.29, 0.717) is 22.8 Å². The monoisotopic (exact) mass is 307 g/mol. The van der Waals surface area contributed by atoms with Gasteiger partial charge in [0.2, 0.25) is 0 Å². The molecule has 2 atom stereocenters. The van der Waals surface area contributed by atoms with Crippen LogP contribution in [0, 0.1) is 11.8 Å². The minimum Gasteiger partial charge on any atom is -0.384 e. The van der Waals surface area contributed by atoms with E-state index in [1.165, 1.54) is 0 Å². The van der Waals surface area contributed by atoms with Crippen LogP contribution in [0.2, 0.25) is 5.02 Å². The Balaban J connectivity index is 2.15. The number of aliphatic hydroxyl groups is 1. The molecule has 4 nitrogen and oxygen atoms in total. The van der Waals surface area contributed by atoms with Crippen molar-refractivity contribution in [2.24, 2.45) is 0 Å². The second-order valence-corrected chi connectivity index (χ2v) is 5.70. The summed E-state index contributed by atoms with van der Waals surface area (Å²) in [6, 6.07) is 4.94. The maximum atomic E-state index is 12.3. The Morgan fingerprint density at radius 1 is 1.62 bits per heavy atom. The lowest BCUT2D eigenvalue weighted by Crippen LogP contribution is -2.50. The highest BCUT2D eigenvalue weighted by Gasteiger charge is 2.38. The molecule has 1 heterocycles. The summed E-state index contributed by atoms with van der Waals surface area (Å²) in [5.41, 5.74) is 0.708. The third-order valence-corrected chi connectivity index (χ3v) is 4.13. The van der Waals surface area contributed by atoms with Crippen LogP contribution in [-0.2, 0) is 4.74 Å². The summed E-state index contributed by atoms with van der Waals surface area (Å²) in [5.74, 6) is 5.08. The first-order valence-electron chi connectivity index (χ1n) is 6.79. The van der Waals surface area contributed by atoms with Crippen LogP contribution in [0.3, 0.4) is 0 Å². The summed E-state index contributed by atoms with van der Waals surface area (Å²) < 4.78 is 5.51. The number of nitrogens with one attached hydrogen (secondary N) is 1. The quantitative estimate of drug-likeness (QED) is 0.822. The lowest BCUT2D eigenvalue weighted by atomic mass is 9.94. The van der Waals surface area contributed by atoms with Crippen LogP contribution in [0.4, 0.5) is 0 Å². The molecule has 0 aliphatic carbocycles. The fraction of sp³-hybridized carbons (Fsp3) is 0.438. The van der Waals surface area contributed by atoms with Crippen molar-refractivity contribution in [3.8, 4) is 11.8 Å². The van der Waals surface area contributed by atoms with E-state index in [0.717, 1.165) is 6.42 Å². The normalized spacial score (nSPS) is 24.3. The third-order valence-electron chi connectivity index (χ3n) is 3.82. The van der Waals surface area contributed by atoms with Crippen LogP contribution >= 0.6 is 11.6 Å². The van der Waals surface area contributed by atoms with E-state index in [4.69, 9.17) is 21.4 Å². The summed E-state index contributed by atoms with van der Waals surface area (Å²) in [6.07, 6.45) is 0.764. The topological polar surface area (TPSA) is 58.6 Å². The first kappa shape index (κ1) is 15.8. The molecule has 1 aliphatic heterocycles. The van der Waals surface area contributed by atoms with E-state index in [1.54, 1.807) is 18.2 Å². The number of benzene rings is 1. The first-order valence-corrected chi connectivity index (χ1v) is 7.17. The van der Waals surface area contributed by atoms with E-state index in [9.17, 15) is 4.79 Å². The summed E-state index contributed by atoms with van der Waals surface area (Å²) in [7, 11) is 0. The number of rotatable bonds is 2. The molecular weight excluding hydrogens is 290 g/mol. The third kappa shape index (κ3) is 3.56. The van der Waals surface area contributed by atoms with E-state index in [1.807, 2.05) is 13.8 Å². The Bertz CT molecular complexity index is 605. The minimum atomic E-state index is -0.362. The van der Waals surface area contributed by atoms with E-state index in [2.05, 4.69) is 17.2 Å². The SMILES string of the molecule is CC1OCCC1(C)NC(=O)c1ccc(C#CCO)c(Cl)c1. The molecule has 2 rings (SSSR count). The van der Waals surface area contributed by atoms with Crippen molar-refractivity contribution in [3.05, 3.63) is 34.3 Å². The number of hydrogen-bond acceptors (Lipinski definition) is 3. The van der Waals surface area contributed by atoms with Gasteiger partial charge in [-0.05, 0) is 38.5 Å². The van der Waals surface area contributed by atoms with Crippen molar-refractivity contribution >= 4 is 17.5 Å². The van der Waals surface area contributed by atoms with Crippen molar-refractivity contribution in [1.82, 2.24) is 5.32 Å². The van der Waals surface area contributed by atoms with E-state index >= 15 is 0 Å². The zero-order valence-corrected chi connectivity index (χ0v) is 12.8. The van der Waals surface area contributed by atoms with E-state index in [-0.39, 0.29) is 24.2 Å². The Morgan fingerprint density at radius 2 is 2.38 bits per heavy atom. The average molecular weight is 308 g/mol. The number of halogens is 1. The van der Waals surface area contributed by atoms with Crippen LogP contribution in [0.1, 0.15) is 36.2 Å². The summed E-state index contributed by atoms with van der Waals surface area (Å²) in [5, 5.41) is 12.1. The summed E-state index contributed by atoms with van der Waals surface area (Å²) >= 11 is 6.10. The van der Waals surface area contributed by atoms with Gasteiger partial charge in [0.15, 0.2) is 0 Å². The Morgan fingerprint density at radius 3 is 2.95 bits per heavy atom. The van der Waals surface area contributed by atoms with Crippen LogP contribution in [0.5, 0.6) is 0 Å². The predicted molar refractivity (Wildman–Crippen MR) is 81.3 cm³/mol. The molecule has 0 aromatic heterocycles. The second-order valence-electron chi connectivity index (χ2n) is 5.29. The molecule has 1 saturated heterocycles. The maximum absolute atomic E-state index is 12.3. The van der Waals surface area contributed by atoms with Gasteiger partial charge in [0.1, 0.15) is 6.61 Å². The van der Waals surface area contributed by atoms with Crippen LogP contribution < -0.4 is 5.32 Å². The number of hydrogen-bond donors (Lipinski definition) is 2. The molecule has 1 fully saturated rings. The van der Waals surface area contributed by atoms with Gasteiger partial charge in [-0.3, -0.25) is 4.79 Å². The van der Waals surface area contributed by atoms with Gasteiger partial charge in [0.25, 0.3) is 5.91 Å². The highest BCUT2D eigenvalue weighted by atomic mass is 35.5. The summed E-state index contributed by atoms with van der Waals surface area (Å²) in [6.45, 7) is 4.35. The highest BCUT2D eigenvalue weighted by molar-refractivity contribution is 6.32. The van der Waals surface area contributed by atoms with Crippen molar-refractivity contribution < 1.29 is 14.6 Å². The molecular formula is C16H18ClNO3. The zero-order chi connectivity index (χ0) is 15.5. The van der Waals surface area contributed by atoms with Gasteiger partial charge in [-0.2, -0.15) is 0 Å². The molecule has 1 aromatic rings. The van der Waals surface area contributed by atoms with Gasteiger partial charge < -0.3 is 15.2 Å². The fourth-order valence-corrected chi connectivity index (χ4v) is 2.45. The molecule has 1 aliphatic rings. The van der Waals surface area contributed by atoms with Gasteiger partial charge in [0, 0.05) is 17.7 Å². The van der Waals surface area contributed by atoms with Gasteiger partial charge >= 0.3 is 0 Å². The number of amides is 1. The summed E-state index contributed by atoms with van der Waals surface area (Å²) in [4.78, 5) is 12.3. The Labute approximate surface area is 129 Å². The van der Waals surface area contributed by atoms with Gasteiger partial charge in [-0.15, -0.1) is 0 Å². The number of carbonyl (C=O) groups is 1. The number of carbonyl (C=O) groups excluding carboxylic acids is 1. The van der Waals surface area contributed by atoms with Crippen LogP contribution in [0.15, 0.2) is 18.2 Å². The Hall–Kier alpha value is -1.54. The van der Waals surface area contributed by atoms with Crippen molar-refractivity contribution in [1.29, 1.82) is 0 Å². The lowest BCUT2D eigenvalue weighted by molar-refractivity contribution is 0.0727. The lowest BCUT2D eigenvalue weighted by Gasteiger charge is -2.28. The van der Waals surface area contributed by atoms with Crippen molar-refractivity contribution in [2.75, 3.05) is 13.2 Å². The molecule has 1 aromatic carbocycles. The van der Waals surface area contributed by atoms with E-state index < -0.39 is 0 Å². The average Bonchev–Trinajstić information content (AvgIpc) is 2.77. The van der Waals surface area contributed by atoms with Gasteiger partial charge in [0.05, 0.1) is 16.7 Å². The first-order chi connectivity index (χ1) is 9.96.